The van der Waals surface area contributed by atoms with Gasteiger partial charge < -0.3 is 10.1 Å². The van der Waals surface area contributed by atoms with Gasteiger partial charge in [-0.3, -0.25) is 9.36 Å². The minimum atomic E-state index is -0.313. The van der Waals surface area contributed by atoms with Gasteiger partial charge in [-0.1, -0.05) is 30.0 Å². The second-order valence-corrected chi connectivity index (χ2v) is 7.07. The fraction of sp³-hybridized carbons (Fsp3) is 0.190. The first-order valence-corrected chi connectivity index (χ1v) is 9.91. The van der Waals surface area contributed by atoms with Gasteiger partial charge in [0, 0.05) is 18.7 Å². The molecule has 1 heterocycles. The van der Waals surface area contributed by atoms with E-state index in [9.17, 15) is 9.18 Å². The zero-order chi connectivity index (χ0) is 20.6. The molecule has 6 nitrogen and oxygen atoms in total. The smallest absolute Gasteiger partial charge is 0.230 e. The van der Waals surface area contributed by atoms with E-state index < -0.39 is 0 Å². The molecular formula is C21H21FN4O2S. The van der Waals surface area contributed by atoms with Crippen LogP contribution >= 0.6 is 11.8 Å². The summed E-state index contributed by atoms with van der Waals surface area (Å²) in [5.74, 6) is 1.16. The maximum Gasteiger partial charge on any atom is 0.230 e. The van der Waals surface area contributed by atoms with Gasteiger partial charge in [-0.2, -0.15) is 0 Å². The summed E-state index contributed by atoms with van der Waals surface area (Å²) >= 11 is 1.29. The zero-order valence-electron chi connectivity index (χ0n) is 16.0. The Labute approximate surface area is 172 Å². The molecule has 0 radical (unpaired) electrons. The van der Waals surface area contributed by atoms with E-state index in [-0.39, 0.29) is 17.5 Å². The molecule has 3 aromatic rings. The molecule has 1 N–H and O–H groups in total. The zero-order valence-corrected chi connectivity index (χ0v) is 16.8. The molecule has 0 aliphatic heterocycles. The van der Waals surface area contributed by atoms with Crippen molar-refractivity contribution in [3.8, 4) is 17.1 Å². The number of aromatic nitrogens is 3. The van der Waals surface area contributed by atoms with Crippen LogP contribution in [0.1, 0.15) is 5.56 Å². The van der Waals surface area contributed by atoms with E-state index in [1.54, 1.807) is 25.3 Å². The molecule has 0 unspecified atom stereocenters. The molecule has 0 aliphatic carbocycles. The minimum absolute atomic E-state index is 0.109. The highest BCUT2D eigenvalue weighted by Gasteiger charge is 2.15. The number of rotatable bonds is 9. The van der Waals surface area contributed by atoms with Crippen molar-refractivity contribution < 1.29 is 13.9 Å². The lowest BCUT2D eigenvalue weighted by molar-refractivity contribution is -0.118. The van der Waals surface area contributed by atoms with Crippen molar-refractivity contribution >= 4 is 17.7 Å². The number of carbonyl (C=O) groups is 1. The van der Waals surface area contributed by atoms with Gasteiger partial charge in [0.25, 0.3) is 0 Å². The number of benzene rings is 2. The topological polar surface area (TPSA) is 69.0 Å². The van der Waals surface area contributed by atoms with Gasteiger partial charge in [-0.15, -0.1) is 16.8 Å². The van der Waals surface area contributed by atoms with Crippen molar-refractivity contribution in [3.05, 3.63) is 72.6 Å². The number of hydrogen-bond donors (Lipinski definition) is 1. The minimum Gasteiger partial charge on any atom is -0.497 e. The molecule has 3 rings (SSSR count). The van der Waals surface area contributed by atoms with Gasteiger partial charge in [0.15, 0.2) is 11.0 Å². The van der Waals surface area contributed by atoms with Crippen LogP contribution < -0.4 is 10.1 Å². The van der Waals surface area contributed by atoms with Crippen molar-refractivity contribution in [1.29, 1.82) is 0 Å². The number of nitrogens with zero attached hydrogens (tertiary/aromatic N) is 3. The van der Waals surface area contributed by atoms with Gasteiger partial charge >= 0.3 is 0 Å². The van der Waals surface area contributed by atoms with Gasteiger partial charge in [0.05, 0.1) is 12.9 Å². The molecular weight excluding hydrogens is 391 g/mol. The van der Waals surface area contributed by atoms with E-state index in [2.05, 4.69) is 22.1 Å². The monoisotopic (exact) mass is 412 g/mol. The molecule has 8 heteroatoms. The molecule has 29 heavy (non-hydrogen) atoms. The summed E-state index contributed by atoms with van der Waals surface area (Å²) in [6.07, 6.45) is 1.73. The largest absolute Gasteiger partial charge is 0.497 e. The van der Waals surface area contributed by atoms with Gasteiger partial charge in [0.2, 0.25) is 5.91 Å². The molecule has 0 saturated heterocycles. The lowest BCUT2D eigenvalue weighted by atomic mass is 10.2. The number of amides is 1. The fourth-order valence-electron chi connectivity index (χ4n) is 2.63. The summed E-state index contributed by atoms with van der Waals surface area (Å²) in [6.45, 7) is 4.68. The van der Waals surface area contributed by atoms with Gasteiger partial charge in [-0.25, -0.2) is 4.39 Å². The van der Waals surface area contributed by atoms with Crippen LogP contribution in [0, 0.1) is 5.82 Å². The first kappa shape index (κ1) is 20.6. The normalized spacial score (nSPS) is 10.6. The molecule has 0 spiro atoms. The third-order valence-corrected chi connectivity index (χ3v) is 5.08. The van der Waals surface area contributed by atoms with Crippen molar-refractivity contribution in [2.24, 2.45) is 0 Å². The van der Waals surface area contributed by atoms with Crippen LogP contribution in [0.4, 0.5) is 4.39 Å². The van der Waals surface area contributed by atoms with Crippen LogP contribution in [-0.4, -0.2) is 33.5 Å². The molecule has 2 aromatic carbocycles. The van der Waals surface area contributed by atoms with Crippen LogP contribution in [0.25, 0.3) is 11.4 Å². The van der Waals surface area contributed by atoms with Crippen LogP contribution in [0.5, 0.6) is 5.75 Å². The predicted octanol–water partition coefficient (Wildman–Crippen LogP) is 3.69. The van der Waals surface area contributed by atoms with Crippen LogP contribution in [0.2, 0.25) is 0 Å². The molecule has 0 atom stereocenters. The molecule has 0 saturated carbocycles. The quantitative estimate of drug-likeness (QED) is 0.429. The van der Waals surface area contributed by atoms with E-state index in [0.717, 1.165) is 16.9 Å². The summed E-state index contributed by atoms with van der Waals surface area (Å²) in [7, 11) is 1.61. The summed E-state index contributed by atoms with van der Waals surface area (Å²) in [6, 6.07) is 13.6. The Morgan fingerprint density at radius 3 is 2.59 bits per heavy atom. The molecule has 0 aliphatic rings. The Morgan fingerprint density at radius 2 is 1.93 bits per heavy atom. The number of carbonyl (C=O) groups excluding carboxylic acids is 1. The predicted molar refractivity (Wildman–Crippen MR) is 111 cm³/mol. The van der Waals surface area contributed by atoms with Crippen molar-refractivity contribution in [1.82, 2.24) is 20.1 Å². The summed E-state index contributed by atoms with van der Waals surface area (Å²) < 4.78 is 20.2. The van der Waals surface area contributed by atoms with Crippen LogP contribution in [-0.2, 0) is 17.9 Å². The molecule has 1 aromatic heterocycles. The Kier molecular flexibility index (Phi) is 7.02. The van der Waals surface area contributed by atoms with Crippen molar-refractivity contribution in [3.63, 3.8) is 0 Å². The standard InChI is InChI=1S/C21H21FN4O2S/c1-3-12-26-20(16-6-8-17(22)9-7-16)24-25-21(26)29-14-19(27)23-13-15-4-10-18(28-2)11-5-15/h3-11H,1,12-14H2,2H3,(H,23,27). The second-order valence-electron chi connectivity index (χ2n) is 6.13. The number of halogens is 1. The third-order valence-electron chi connectivity index (χ3n) is 4.11. The van der Waals surface area contributed by atoms with Crippen molar-refractivity contribution in [2.75, 3.05) is 12.9 Å². The number of methoxy groups -OCH3 is 1. The number of allylic oxidation sites excluding steroid dienone is 1. The fourth-order valence-corrected chi connectivity index (χ4v) is 3.40. The number of nitrogens with one attached hydrogen (secondary N) is 1. The lowest BCUT2D eigenvalue weighted by Gasteiger charge is -2.08. The maximum absolute atomic E-state index is 13.2. The number of thioether (sulfide) groups is 1. The summed E-state index contributed by atoms with van der Waals surface area (Å²) in [4.78, 5) is 12.2. The molecule has 150 valence electrons. The van der Waals surface area contributed by atoms with E-state index in [4.69, 9.17) is 4.74 Å². The summed E-state index contributed by atoms with van der Waals surface area (Å²) in [5.41, 5.74) is 1.73. The Morgan fingerprint density at radius 1 is 1.21 bits per heavy atom. The average Bonchev–Trinajstić information content (AvgIpc) is 3.14. The average molecular weight is 412 g/mol. The van der Waals surface area contributed by atoms with Crippen LogP contribution in [0.3, 0.4) is 0 Å². The van der Waals surface area contributed by atoms with E-state index in [1.165, 1.54) is 23.9 Å². The third kappa shape index (κ3) is 5.45. The Bertz CT molecular complexity index is 971. The van der Waals surface area contributed by atoms with Gasteiger partial charge in [0.1, 0.15) is 11.6 Å². The van der Waals surface area contributed by atoms with Crippen molar-refractivity contribution in [2.45, 2.75) is 18.2 Å². The van der Waals surface area contributed by atoms with Crippen LogP contribution in [0.15, 0.2) is 66.3 Å². The summed E-state index contributed by atoms with van der Waals surface area (Å²) in [5, 5.41) is 11.9. The Hall–Kier alpha value is -3.13. The highest BCUT2D eigenvalue weighted by Crippen LogP contribution is 2.24. The van der Waals surface area contributed by atoms with E-state index >= 15 is 0 Å². The molecule has 0 bridgehead atoms. The SMILES string of the molecule is C=CCn1c(SCC(=O)NCc2ccc(OC)cc2)nnc1-c1ccc(F)cc1. The van der Waals surface area contributed by atoms with Gasteiger partial charge in [-0.05, 0) is 42.0 Å². The number of hydrogen-bond acceptors (Lipinski definition) is 5. The highest BCUT2D eigenvalue weighted by molar-refractivity contribution is 7.99. The van der Waals surface area contributed by atoms with E-state index in [0.29, 0.717) is 24.1 Å². The number of ether oxygens (including phenoxy) is 1. The highest BCUT2D eigenvalue weighted by atomic mass is 32.2. The first-order valence-electron chi connectivity index (χ1n) is 8.93. The first-order chi connectivity index (χ1) is 14.1. The lowest BCUT2D eigenvalue weighted by Crippen LogP contribution is -2.24. The second kappa shape index (κ2) is 9.88. The molecule has 1 amide bonds. The molecule has 0 fully saturated rings. The Balaban J connectivity index is 1.61. The van der Waals surface area contributed by atoms with E-state index in [1.807, 2.05) is 28.8 Å². The maximum atomic E-state index is 13.2.